The van der Waals surface area contributed by atoms with Gasteiger partial charge in [-0.15, -0.1) is 0 Å². The normalized spacial score (nSPS) is 11.6. The molecule has 0 unspecified atom stereocenters. The second-order valence-electron chi connectivity index (χ2n) is 4.92. The number of nitrogens with one attached hydrogen (secondary N) is 1. The number of halogens is 1. The van der Waals surface area contributed by atoms with Gasteiger partial charge in [0.25, 0.3) is 5.91 Å². The molecule has 0 aliphatic carbocycles. The molecule has 2 aromatic carbocycles. The maximum Gasteiger partial charge on any atom is 0.261 e. The highest BCUT2D eigenvalue weighted by Crippen LogP contribution is 2.14. The lowest BCUT2D eigenvalue weighted by molar-refractivity contribution is -0.128. The molecule has 122 valence electrons. The predicted molar refractivity (Wildman–Crippen MR) is 86.1 cm³/mol. The molecule has 0 spiro atoms. The van der Waals surface area contributed by atoms with Crippen LogP contribution in [0.3, 0.4) is 0 Å². The maximum atomic E-state index is 12.9. The van der Waals surface area contributed by atoms with Crippen molar-refractivity contribution < 1.29 is 18.7 Å². The van der Waals surface area contributed by atoms with Gasteiger partial charge in [0.15, 0.2) is 6.10 Å². The number of amides is 1. The Hall–Kier alpha value is -2.56. The van der Waals surface area contributed by atoms with Gasteiger partial charge >= 0.3 is 0 Å². The largest absolute Gasteiger partial charge is 0.492 e. The molecule has 0 bridgehead atoms. The molecule has 2 rings (SSSR count). The van der Waals surface area contributed by atoms with E-state index in [2.05, 4.69) is 5.32 Å². The van der Waals surface area contributed by atoms with Gasteiger partial charge in [0, 0.05) is 0 Å². The average molecular weight is 317 g/mol. The molecule has 1 atom stereocenters. The lowest BCUT2D eigenvalue weighted by Crippen LogP contribution is -2.39. The SMILES string of the molecule is CC[C@@H](Oc1ccc(F)cc1)C(=O)NCCOc1ccccc1. The molecule has 0 saturated heterocycles. The van der Waals surface area contributed by atoms with Crippen LogP contribution in [0.4, 0.5) is 4.39 Å². The van der Waals surface area contributed by atoms with E-state index in [4.69, 9.17) is 9.47 Å². The molecule has 0 aromatic heterocycles. The molecule has 0 saturated carbocycles. The number of benzene rings is 2. The topological polar surface area (TPSA) is 47.6 Å². The molecule has 1 amide bonds. The smallest absolute Gasteiger partial charge is 0.261 e. The molecule has 4 nitrogen and oxygen atoms in total. The zero-order chi connectivity index (χ0) is 16.5. The van der Waals surface area contributed by atoms with E-state index in [1.165, 1.54) is 24.3 Å². The van der Waals surface area contributed by atoms with Gasteiger partial charge in [0.1, 0.15) is 23.9 Å². The molecular formula is C18H20FNO3. The molecule has 23 heavy (non-hydrogen) atoms. The summed E-state index contributed by atoms with van der Waals surface area (Å²) in [4.78, 5) is 12.1. The fourth-order valence-corrected chi connectivity index (χ4v) is 1.97. The van der Waals surface area contributed by atoms with Gasteiger partial charge in [0.2, 0.25) is 0 Å². The van der Waals surface area contributed by atoms with E-state index in [1.807, 2.05) is 37.3 Å². The van der Waals surface area contributed by atoms with Crippen LogP contribution < -0.4 is 14.8 Å². The summed E-state index contributed by atoms with van der Waals surface area (Å²) in [6.45, 7) is 2.62. The average Bonchev–Trinajstić information content (AvgIpc) is 2.59. The van der Waals surface area contributed by atoms with Crippen molar-refractivity contribution in [3.63, 3.8) is 0 Å². The lowest BCUT2D eigenvalue weighted by atomic mass is 10.2. The molecule has 0 aliphatic heterocycles. The third-order valence-electron chi connectivity index (χ3n) is 3.17. The van der Waals surface area contributed by atoms with Crippen molar-refractivity contribution in [2.75, 3.05) is 13.2 Å². The van der Waals surface area contributed by atoms with E-state index in [-0.39, 0.29) is 11.7 Å². The van der Waals surface area contributed by atoms with Crippen LogP contribution >= 0.6 is 0 Å². The highest BCUT2D eigenvalue weighted by Gasteiger charge is 2.17. The monoisotopic (exact) mass is 317 g/mol. The number of rotatable bonds is 8. The van der Waals surface area contributed by atoms with Gasteiger partial charge in [-0.05, 0) is 42.8 Å². The predicted octanol–water partition coefficient (Wildman–Crippen LogP) is 3.18. The first-order valence-corrected chi connectivity index (χ1v) is 7.57. The Morgan fingerprint density at radius 2 is 1.78 bits per heavy atom. The Balaban J connectivity index is 1.75. The van der Waals surface area contributed by atoms with E-state index in [0.29, 0.717) is 25.3 Å². The number of ether oxygens (including phenoxy) is 2. The zero-order valence-electron chi connectivity index (χ0n) is 13.0. The first kappa shape index (κ1) is 16.8. The van der Waals surface area contributed by atoms with E-state index in [1.54, 1.807) is 0 Å². The van der Waals surface area contributed by atoms with Gasteiger partial charge in [0.05, 0.1) is 6.54 Å². The number of para-hydroxylation sites is 1. The van der Waals surface area contributed by atoms with Crippen molar-refractivity contribution in [2.24, 2.45) is 0 Å². The third kappa shape index (κ3) is 5.62. The van der Waals surface area contributed by atoms with Gasteiger partial charge < -0.3 is 14.8 Å². The summed E-state index contributed by atoms with van der Waals surface area (Å²) in [5, 5.41) is 2.77. The van der Waals surface area contributed by atoms with Gasteiger partial charge in [-0.25, -0.2) is 4.39 Å². The Labute approximate surface area is 135 Å². The summed E-state index contributed by atoms with van der Waals surface area (Å²) in [6, 6.07) is 15.0. The van der Waals surface area contributed by atoms with Crippen LogP contribution in [0.1, 0.15) is 13.3 Å². The summed E-state index contributed by atoms with van der Waals surface area (Å²) in [7, 11) is 0. The van der Waals surface area contributed by atoms with Crippen LogP contribution in [0.25, 0.3) is 0 Å². The van der Waals surface area contributed by atoms with Crippen LogP contribution in [0.5, 0.6) is 11.5 Å². The summed E-state index contributed by atoms with van der Waals surface area (Å²) >= 11 is 0. The Kier molecular flexibility index (Phi) is 6.41. The Morgan fingerprint density at radius 3 is 2.43 bits per heavy atom. The molecule has 0 aliphatic rings. The van der Waals surface area contributed by atoms with Gasteiger partial charge in [-0.3, -0.25) is 4.79 Å². The lowest BCUT2D eigenvalue weighted by Gasteiger charge is -2.17. The zero-order valence-corrected chi connectivity index (χ0v) is 13.0. The highest BCUT2D eigenvalue weighted by atomic mass is 19.1. The molecule has 0 radical (unpaired) electrons. The van der Waals surface area contributed by atoms with E-state index < -0.39 is 6.10 Å². The number of carbonyl (C=O) groups excluding carboxylic acids is 1. The van der Waals surface area contributed by atoms with Crippen molar-refractivity contribution in [1.82, 2.24) is 5.32 Å². The fourth-order valence-electron chi connectivity index (χ4n) is 1.97. The Bertz CT molecular complexity index is 601. The molecule has 2 aromatic rings. The van der Waals surface area contributed by atoms with Crippen LogP contribution in [0.2, 0.25) is 0 Å². The van der Waals surface area contributed by atoms with Gasteiger partial charge in [-0.2, -0.15) is 0 Å². The summed E-state index contributed by atoms with van der Waals surface area (Å²) in [6.07, 6.45) is -0.0971. The van der Waals surface area contributed by atoms with Crippen molar-refractivity contribution in [2.45, 2.75) is 19.4 Å². The number of carbonyl (C=O) groups is 1. The second kappa shape index (κ2) is 8.78. The highest BCUT2D eigenvalue weighted by molar-refractivity contribution is 5.81. The molecule has 0 heterocycles. The van der Waals surface area contributed by atoms with Crippen LogP contribution in [0, 0.1) is 5.82 Å². The van der Waals surface area contributed by atoms with Crippen molar-refractivity contribution in [1.29, 1.82) is 0 Å². The van der Waals surface area contributed by atoms with E-state index in [0.717, 1.165) is 5.75 Å². The molecule has 1 N–H and O–H groups in total. The fraction of sp³-hybridized carbons (Fsp3) is 0.278. The standard InChI is InChI=1S/C18H20FNO3/c1-2-17(23-16-10-8-14(19)9-11-16)18(21)20-12-13-22-15-6-4-3-5-7-15/h3-11,17H,2,12-13H2,1H3,(H,20,21)/t17-/m1/s1. The van der Waals surface area contributed by atoms with Gasteiger partial charge in [-0.1, -0.05) is 25.1 Å². The Morgan fingerprint density at radius 1 is 1.09 bits per heavy atom. The van der Waals surface area contributed by atoms with Crippen LogP contribution in [-0.2, 0) is 4.79 Å². The summed E-state index contributed by atoms with van der Waals surface area (Å²) in [5.74, 6) is 0.673. The molecule has 5 heteroatoms. The molecule has 0 fully saturated rings. The summed E-state index contributed by atoms with van der Waals surface area (Å²) < 4.78 is 23.9. The maximum absolute atomic E-state index is 12.9. The molecular weight excluding hydrogens is 297 g/mol. The first-order chi connectivity index (χ1) is 11.2. The van der Waals surface area contributed by atoms with E-state index >= 15 is 0 Å². The van der Waals surface area contributed by atoms with Crippen LogP contribution in [0.15, 0.2) is 54.6 Å². The minimum absolute atomic E-state index is 0.214. The number of hydrogen-bond acceptors (Lipinski definition) is 3. The summed E-state index contributed by atoms with van der Waals surface area (Å²) in [5.41, 5.74) is 0. The number of hydrogen-bond donors (Lipinski definition) is 1. The minimum atomic E-state index is -0.614. The second-order valence-corrected chi connectivity index (χ2v) is 4.92. The first-order valence-electron chi connectivity index (χ1n) is 7.57. The van der Waals surface area contributed by atoms with Crippen molar-refractivity contribution in [3.8, 4) is 11.5 Å². The quantitative estimate of drug-likeness (QED) is 0.761. The third-order valence-corrected chi connectivity index (χ3v) is 3.17. The van der Waals surface area contributed by atoms with Crippen molar-refractivity contribution in [3.05, 3.63) is 60.4 Å². The minimum Gasteiger partial charge on any atom is -0.492 e. The van der Waals surface area contributed by atoms with Crippen LogP contribution in [-0.4, -0.2) is 25.2 Å². The van der Waals surface area contributed by atoms with Crippen molar-refractivity contribution >= 4 is 5.91 Å². The van der Waals surface area contributed by atoms with E-state index in [9.17, 15) is 9.18 Å².